The zero-order valence-electron chi connectivity index (χ0n) is 19.9. The molecule has 0 aromatic heterocycles. The summed E-state index contributed by atoms with van der Waals surface area (Å²) in [4.78, 5) is 11.9. The van der Waals surface area contributed by atoms with Crippen LogP contribution in [-0.4, -0.2) is 46.2 Å². The molecule has 0 saturated heterocycles. The fourth-order valence-electron chi connectivity index (χ4n) is 8.99. The molecule has 4 aliphatic rings. The molecule has 0 aromatic carbocycles. The van der Waals surface area contributed by atoms with Gasteiger partial charge in [0.25, 0.3) is 0 Å². The van der Waals surface area contributed by atoms with E-state index in [2.05, 4.69) is 20.8 Å². The van der Waals surface area contributed by atoms with Crippen LogP contribution in [0.4, 0.5) is 0 Å². The molecule has 4 rings (SSSR count). The molecule has 5 nitrogen and oxygen atoms in total. The van der Waals surface area contributed by atoms with E-state index in [9.17, 15) is 20.1 Å². The van der Waals surface area contributed by atoms with Crippen molar-refractivity contribution in [3.63, 3.8) is 0 Å². The Labute approximate surface area is 187 Å². The smallest absolute Gasteiger partial charge is 0.305 e. The summed E-state index contributed by atoms with van der Waals surface area (Å²) in [6, 6.07) is 0. The van der Waals surface area contributed by atoms with Crippen LogP contribution in [0.2, 0.25) is 0 Å². The summed E-state index contributed by atoms with van der Waals surface area (Å²) < 4.78 is 5.13. The molecule has 5 heteroatoms. The highest BCUT2D eigenvalue weighted by Crippen LogP contribution is 2.68. The maximum atomic E-state index is 11.9. The van der Waals surface area contributed by atoms with Crippen LogP contribution in [-0.2, 0) is 9.53 Å². The minimum atomic E-state index is -0.733. The van der Waals surface area contributed by atoms with Crippen molar-refractivity contribution in [2.24, 2.45) is 46.3 Å². The molecular weight excluding hydrogens is 392 g/mol. The van der Waals surface area contributed by atoms with Gasteiger partial charge in [-0.25, -0.2) is 0 Å². The Balaban J connectivity index is 1.53. The maximum Gasteiger partial charge on any atom is 0.305 e. The molecule has 3 N–H and O–H groups in total. The minimum absolute atomic E-state index is 0.00226. The van der Waals surface area contributed by atoms with Gasteiger partial charge in [0.15, 0.2) is 0 Å². The summed E-state index contributed by atoms with van der Waals surface area (Å²) in [6.07, 6.45) is 6.50. The summed E-state index contributed by atoms with van der Waals surface area (Å²) in [5, 5.41) is 32.7. The lowest BCUT2D eigenvalue weighted by Crippen LogP contribution is -2.64. The van der Waals surface area contributed by atoms with Gasteiger partial charge in [-0.3, -0.25) is 4.79 Å². The van der Waals surface area contributed by atoms with Crippen LogP contribution in [0.15, 0.2) is 0 Å². The number of rotatable bonds is 5. The van der Waals surface area contributed by atoms with Crippen molar-refractivity contribution in [3.05, 3.63) is 0 Å². The molecule has 0 spiro atoms. The first-order chi connectivity index (χ1) is 14.6. The number of carbonyl (C=O) groups excluding carboxylic acids is 1. The molecule has 0 heterocycles. The van der Waals surface area contributed by atoms with Crippen LogP contribution >= 0.6 is 0 Å². The van der Waals surface area contributed by atoms with E-state index in [0.29, 0.717) is 43.1 Å². The third kappa shape index (κ3) is 3.77. The molecule has 11 atom stereocenters. The zero-order valence-corrected chi connectivity index (χ0v) is 19.9. The normalized spacial score (nSPS) is 50.2. The Morgan fingerprint density at radius 2 is 1.65 bits per heavy atom. The molecule has 0 aromatic rings. The number of ether oxygens (including phenoxy) is 1. The minimum Gasteiger partial charge on any atom is -0.466 e. The van der Waals surface area contributed by atoms with E-state index in [4.69, 9.17) is 4.74 Å². The van der Waals surface area contributed by atoms with E-state index in [1.54, 1.807) is 0 Å². The number of hydrogen-bond donors (Lipinski definition) is 3. The predicted molar refractivity (Wildman–Crippen MR) is 119 cm³/mol. The van der Waals surface area contributed by atoms with Gasteiger partial charge >= 0.3 is 5.97 Å². The Hall–Kier alpha value is -0.650. The molecule has 31 heavy (non-hydrogen) atoms. The summed E-state index contributed by atoms with van der Waals surface area (Å²) >= 11 is 0. The standard InChI is InChI=1S/C26H44O5/c1-5-31-21(28)9-6-15(2)17-7-8-18-22-19(11-13-25(17,18)3)26(4)12-10-16(27)14-20(26)23(29)24(22)30/h15-20,22-24,27,29-30H,5-14H2,1-4H3/t15-,16+,17?,18?,19?,20-,22?,23-,24+,25+,26+/m0/s1. The zero-order chi connectivity index (χ0) is 22.6. The van der Waals surface area contributed by atoms with Gasteiger partial charge in [0.2, 0.25) is 0 Å². The molecule has 0 amide bonds. The lowest BCUT2D eigenvalue weighted by molar-refractivity contribution is -0.223. The molecule has 4 aliphatic carbocycles. The van der Waals surface area contributed by atoms with Crippen molar-refractivity contribution in [1.82, 2.24) is 0 Å². The molecule has 0 radical (unpaired) electrons. The monoisotopic (exact) mass is 436 g/mol. The molecular formula is C26H44O5. The van der Waals surface area contributed by atoms with Crippen LogP contribution in [0.1, 0.15) is 85.5 Å². The molecule has 0 bridgehead atoms. The fourth-order valence-corrected chi connectivity index (χ4v) is 8.99. The van der Waals surface area contributed by atoms with E-state index >= 15 is 0 Å². The average Bonchev–Trinajstić information content (AvgIpc) is 3.08. The molecule has 0 aliphatic heterocycles. The Morgan fingerprint density at radius 3 is 2.35 bits per heavy atom. The van der Waals surface area contributed by atoms with Crippen LogP contribution in [0, 0.1) is 46.3 Å². The number of aliphatic hydroxyl groups excluding tert-OH is 3. The van der Waals surface area contributed by atoms with Gasteiger partial charge in [0.1, 0.15) is 0 Å². The highest BCUT2D eigenvalue weighted by atomic mass is 16.5. The van der Waals surface area contributed by atoms with Gasteiger partial charge < -0.3 is 20.1 Å². The molecule has 4 saturated carbocycles. The van der Waals surface area contributed by atoms with Gasteiger partial charge in [0.05, 0.1) is 24.9 Å². The van der Waals surface area contributed by atoms with Gasteiger partial charge in [0, 0.05) is 6.42 Å². The second kappa shape index (κ2) is 8.61. The maximum absolute atomic E-state index is 11.9. The number of carbonyl (C=O) groups is 1. The van der Waals surface area contributed by atoms with Crippen LogP contribution in [0.3, 0.4) is 0 Å². The second-order valence-corrected chi connectivity index (χ2v) is 11.9. The third-order valence-electron chi connectivity index (χ3n) is 10.6. The van der Waals surface area contributed by atoms with E-state index < -0.39 is 12.2 Å². The first-order valence-corrected chi connectivity index (χ1v) is 12.8. The van der Waals surface area contributed by atoms with Crippen molar-refractivity contribution in [3.8, 4) is 0 Å². The van der Waals surface area contributed by atoms with Crippen molar-refractivity contribution in [2.45, 2.75) is 104 Å². The van der Waals surface area contributed by atoms with Crippen LogP contribution < -0.4 is 0 Å². The lowest BCUT2D eigenvalue weighted by Gasteiger charge is -2.63. The largest absolute Gasteiger partial charge is 0.466 e. The molecule has 4 unspecified atom stereocenters. The molecule has 4 fully saturated rings. The van der Waals surface area contributed by atoms with E-state index in [0.717, 1.165) is 38.5 Å². The molecule has 178 valence electrons. The lowest BCUT2D eigenvalue weighted by atomic mass is 9.43. The van der Waals surface area contributed by atoms with Crippen molar-refractivity contribution < 1.29 is 24.9 Å². The first-order valence-electron chi connectivity index (χ1n) is 12.8. The topological polar surface area (TPSA) is 87.0 Å². The van der Waals surface area contributed by atoms with Gasteiger partial charge in [-0.1, -0.05) is 20.8 Å². The highest BCUT2D eigenvalue weighted by Gasteiger charge is 2.65. The SMILES string of the molecule is CCOC(=O)CC[C@H](C)C1CCC2C3C(CC[C@@]21C)[C@@]1(C)CC[C@@H](O)C[C@H]1[C@H](O)[C@@H]3O. The summed E-state index contributed by atoms with van der Waals surface area (Å²) in [5.41, 5.74) is 0.171. The number of fused-ring (bicyclic) bond motifs is 5. The fraction of sp³-hybridized carbons (Fsp3) is 0.962. The summed E-state index contributed by atoms with van der Waals surface area (Å²) in [5.74, 6) is 1.91. The summed E-state index contributed by atoms with van der Waals surface area (Å²) in [7, 11) is 0. The Kier molecular flexibility index (Phi) is 6.53. The van der Waals surface area contributed by atoms with E-state index in [1.807, 2.05) is 6.92 Å². The first kappa shape index (κ1) is 23.5. The van der Waals surface area contributed by atoms with Gasteiger partial charge in [-0.2, -0.15) is 0 Å². The third-order valence-corrected chi connectivity index (χ3v) is 10.6. The second-order valence-electron chi connectivity index (χ2n) is 11.9. The van der Waals surface area contributed by atoms with Gasteiger partial charge in [-0.15, -0.1) is 0 Å². The number of aliphatic hydroxyl groups is 3. The van der Waals surface area contributed by atoms with Crippen molar-refractivity contribution in [1.29, 1.82) is 0 Å². The van der Waals surface area contributed by atoms with Crippen molar-refractivity contribution in [2.75, 3.05) is 6.61 Å². The summed E-state index contributed by atoms with van der Waals surface area (Å²) in [6.45, 7) is 9.33. The number of esters is 1. The van der Waals surface area contributed by atoms with Crippen LogP contribution in [0.25, 0.3) is 0 Å². The van der Waals surface area contributed by atoms with E-state index in [1.165, 1.54) is 6.42 Å². The number of hydrogen-bond acceptors (Lipinski definition) is 5. The quantitative estimate of drug-likeness (QED) is 0.569. The highest BCUT2D eigenvalue weighted by molar-refractivity contribution is 5.69. The van der Waals surface area contributed by atoms with Gasteiger partial charge in [-0.05, 0) is 105 Å². The van der Waals surface area contributed by atoms with Crippen molar-refractivity contribution >= 4 is 5.97 Å². The predicted octanol–water partition coefficient (Wildman–Crippen LogP) is 3.93. The van der Waals surface area contributed by atoms with E-state index in [-0.39, 0.29) is 34.7 Å². The average molecular weight is 437 g/mol. The Morgan fingerprint density at radius 1 is 0.968 bits per heavy atom. The van der Waals surface area contributed by atoms with Crippen LogP contribution in [0.5, 0.6) is 0 Å². The Bertz CT molecular complexity index is 666.